The van der Waals surface area contributed by atoms with E-state index in [1.807, 2.05) is 24.3 Å². The van der Waals surface area contributed by atoms with Crippen LogP contribution < -0.4 is 5.32 Å². The fraction of sp³-hybridized carbons (Fsp3) is 0.294. The number of benzene rings is 2. The Morgan fingerprint density at radius 3 is 2.25 bits per heavy atom. The lowest BCUT2D eigenvalue weighted by molar-refractivity contribution is -0.384. The minimum absolute atomic E-state index is 0. The van der Waals surface area contributed by atoms with E-state index < -0.39 is 0 Å². The van der Waals surface area contributed by atoms with Gasteiger partial charge in [0, 0.05) is 44.9 Å². The van der Waals surface area contributed by atoms with Crippen molar-refractivity contribution < 1.29 is 4.92 Å². The summed E-state index contributed by atoms with van der Waals surface area (Å²) in [7, 11) is 0. The number of halogens is 2. The molecule has 0 radical (unpaired) electrons. The number of hydrogen-bond acceptors (Lipinski definition) is 4. The van der Waals surface area contributed by atoms with Crippen molar-refractivity contribution in [2.24, 2.45) is 0 Å². The summed E-state index contributed by atoms with van der Waals surface area (Å²) in [4.78, 5) is 12.8. The van der Waals surface area contributed by atoms with Crippen LogP contribution in [0.5, 0.6) is 0 Å². The number of nitrogens with zero attached hydrogens (tertiary/aromatic N) is 2. The average Bonchev–Trinajstić information content (AvgIpc) is 2.56. The van der Waals surface area contributed by atoms with E-state index in [0.29, 0.717) is 0 Å². The second-order valence-corrected chi connectivity index (χ2v) is 5.49. The van der Waals surface area contributed by atoms with Crippen molar-refractivity contribution in [2.45, 2.75) is 6.54 Å². The molecule has 0 aliphatic carbocycles. The molecule has 1 aliphatic heterocycles. The molecule has 7 heteroatoms. The number of nitro groups is 1. The molecule has 1 heterocycles. The quantitative estimate of drug-likeness (QED) is 0.661. The summed E-state index contributed by atoms with van der Waals surface area (Å²) >= 11 is 0. The predicted molar refractivity (Wildman–Crippen MR) is 101 cm³/mol. The standard InChI is InChI=1S/C17H19N3O2.2ClH/c21-20(22)16-7-5-14(6-8-16)17-4-2-1-3-15(17)13-19-11-9-18-10-12-19;;/h1-8,18H,9-13H2;2*1H. The summed E-state index contributed by atoms with van der Waals surface area (Å²) < 4.78 is 0. The Morgan fingerprint density at radius 2 is 1.62 bits per heavy atom. The Labute approximate surface area is 154 Å². The zero-order chi connectivity index (χ0) is 15.4. The van der Waals surface area contributed by atoms with E-state index in [0.717, 1.165) is 43.9 Å². The third kappa shape index (κ3) is 4.92. The maximum absolute atomic E-state index is 10.8. The molecule has 3 rings (SSSR count). The molecule has 0 atom stereocenters. The van der Waals surface area contributed by atoms with Gasteiger partial charge in [0.2, 0.25) is 0 Å². The summed E-state index contributed by atoms with van der Waals surface area (Å²) in [5.41, 5.74) is 3.56. The highest BCUT2D eigenvalue weighted by molar-refractivity contribution is 5.85. The van der Waals surface area contributed by atoms with Crippen LogP contribution in [0.3, 0.4) is 0 Å². The maximum Gasteiger partial charge on any atom is 0.269 e. The number of hydrogen-bond donors (Lipinski definition) is 1. The predicted octanol–water partition coefficient (Wildman–Crippen LogP) is 3.51. The van der Waals surface area contributed by atoms with Gasteiger partial charge in [-0.1, -0.05) is 24.3 Å². The van der Waals surface area contributed by atoms with E-state index in [9.17, 15) is 10.1 Å². The van der Waals surface area contributed by atoms with Crippen molar-refractivity contribution in [1.82, 2.24) is 10.2 Å². The maximum atomic E-state index is 10.8. The van der Waals surface area contributed by atoms with Crippen molar-refractivity contribution in [1.29, 1.82) is 0 Å². The van der Waals surface area contributed by atoms with E-state index in [2.05, 4.69) is 22.3 Å². The van der Waals surface area contributed by atoms with Gasteiger partial charge in [0.05, 0.1) is 4.92 Å². The summed E-state index contributed by atoms with van der Waals surface area (Å²) in [5, 5.41) is 14.1. The molecule has 1 fully saturated rings. The first-order valence-electron chi connectivity index (χ1n) is 7.50. The van der Waals surface area contributed by atoms with Gasteiger partial charge in [-0.25, -0.2) is 0 Å². The molecule has 2 aromatic rings. The Hall–Kier alpha value is -1.66. The van der Waals surface area contributed by atoms with Crippen LogP contribution in [0.2, 0.25) is 0 Å². The highest BCUT2D eigenvalue weighted by Crippen LogP contribution is 2.26. The third-order valence-electron chi connectivity index (χ3n) is 4.01. The van der Waals surface area contributed by atoms with Gasteiger partial charge in [0.15, 0.2) is 0 Å². The highest BCUT2D eigenvalue weighted by Gasteiger charge is 2.13. The lowest BCUT2D eigenvalue weighted by atomic mass is 9.99. The Kier molecular flexibility index (Phi) is 8.15. The molecular formula is C17H21Cl2N3O2. The molecule has 0 amide bonds. The molecule has 1 N–H and O–H groups in total. The van der Waals surface area contributed by atoms with Crippen molar-refractivity contribution in [3.63, 3.8) is 0 Å². The summed E-state index contributed by atoms with van der Waals surface area (Å²) in [6.45, 7) is 5.07. The zero-order valence-electron chi connectivity index (χ0n) is 13.2. The van der Waals surface area contributed by atoms with Crippen LogP contribution in [-0.4, -0.2) is 36.0 Å². The molecule has 130 valence electrons. The summed E-state index contributed by atoms with van der Waals surface area (Å²) in [6, 6.07) is 15.1. The third-order valence-corrected chi connectivity index (χ3v) is 4.01. The van der Waals surface area contributed by atoms with Crippen molar-refractivity contribution in [3.8, 4) is 11.1 Å². The lowest BCUT2D eigenvalue weighted by Crippen LogP contribution is -2.42. The van der Waals surface area contributed by atoms with Crippen LogP contribution >= 0.6 is 24.8 Å². The Bertz CT molecular complexity index is 659. The summed E-state index contributed by atoms with van der Waals surface area (Å²) in [5.74, 6) is 0. The van der Waals surface area contributed by atoms with Crippen LogP contribution in [0.1, 0.15) is 5.56 Å². The van der Waals surface area contributed by atoms with Crippen LogP contribution in [0.25, 0.3) is 11.1 Å². The molecule has 24 heavy (non-hydrogen) atoms. The number of non-ortho nitro benzene ring substituents is 1. The monoisotopic (exact) mass is 369 g/mol. The van der Waals surface area contributed by atoms with Gasteiger partial charge in [0.25, 0.3) is 5.69 Å². The first-order valence-corrected chi connectivity index (χ1v) is 7.50. The molecule has 0 bridgehead atoms. The highest BCUT2D eigenvalue weighted by atomic mass is 35.5. The van der Waals surface area contributed by atoms with Gasteiger partial charge in [-0.3, -0.25) is 15.0 Å². The van der Waals surface area contributed by atoms with E-state index in [4.69, 9.17) is 0 Å². The lowest BCUT2D eigenvalue weighted by Gasteiger charge is -2.28. The zero-order valence-corrected chi connectivity index (χ0v) is 14.8. The van der Waals surface area contributed by atoms with Crippen molar-refractivity contribution in [3.05, 3.63) is 64.2 Å². The van der Waals surface area contributed by atoms with E-state index in [1.165, 1.54) is 5.56 Å². The number of piperazine rings is 1. The number of nitrogens with one attached hydrogen (secondary N) is 1. The van der Waals surface area contributed by atoms with Crippen LogP contribution in [0.15, 0.2) is 48.5 Å². The molecule has 0 aromatic heterocycles. The van der Waals surface area contributed by atoms with Gasteiger partial charge in [0.1, 0.15) is 0 Å². The van der Waals surface area contributed by atoms with Gasteiger partial charge >= 0.3 is 0 Å². The van der Waals surface area contributed by atoms with Gasteiger partial charge in [-0.15, -0.1) is 24.8 Å². The van der Waals surface area contributed by atoms with E-state index in [1.54, 1.807) is 12.1 Å². The fourth-order valence-corrected chi connectivity index (χ4v) is 2.81. The first kappa shape index (κ1) is 20.4. The Morgan fingerprint density at radius 1 is 1.00 bits per heavy atom. The molecule has 0 unspecified atom stereocenters. The first-order chi connectivity index (χ1) is 10.7. The average molecular weight is 370 g/mol. The summed E-state index contributed by atoms with van der Waals surface area (Å²) in [6.07, 6.45) is 0. The van der Waals surface area contributed by atoms with Gasteiger partial charge in [-0.05, 0) is 28.8 Å². The number of nitro benzene ring substituents is 1. The largest absolute Gasteiger partial charge is 0.314 e. The van der Waals surface area contributed by atoms with Crippen molar-refractivity contribution >= 4 is 30.5 Å². The molecule has 0 spiro atoms. The van der Waals surface area contributed by atoms with Crippen LogP contribution in [0, 0.1) is 10.1 Å². The molecular weight excluding hydrogens is 349 g/mol. The van der Waals surface area contributed by atoms with E-state index >= 15 is 0 Å². The molecule has 1 saturated heterocycles. The molecule has 5 nitrogen and oxygen atoms in total. The SMILES string of the molecule is Cl.Cl.O=[N+]([O-])c1ccc(-c2ccccc2CN2CCNCC2)cc1. The van der Waals surface area contributed by atoms with Crippen LogP contribution in [-0.2, 0) is 6.54 Å². The van der Waals surface area contributed by atoms with Crippen molar-refractivity contribution in [2.75, 3.05) is 26.2 Å². The minimum atomic E-state index is -0.365. The van der Waals surface area contributed by atoms with Gasteiger partial charge in [-0.2, -0.15) is 0 Å². The molecule has 1 aliphatic rings. The van der Waals surface area contributed by atoms with Gasteiger partial charge < -0.3 is 5.32 Å². The Balaban J connectivity index is 0.00000144. The normalized spacial score (nSPS) is 14.3. The second kappa shape index (κ2) is 9.59. The molecule has 0 saturated carbocycles. The fourth-order valence-electron chi connectivity index (χ4n) is 2.81. The smallest absolute Gasteiger partial charge is 0.269 e. The minimum Gasteiger partial charge on any atom is -0.314 e. The number of rotatable bonds is 4. The van der Waals surface area contributed by atoms with E-state index in [-0.39, 0.29) is 35.4 Å². The topological polar surface area (TPSA) is 58.4 Å². The van der Waals surface area contributed by atoms with Crippen LogP contribution in [0.4, 0.5) is 5.69 Å². The molecule has 2 aromatic carbocycles. The second-order valence-electron chi connectivity index (χ2n) is 5.49.